The van der Waals surface area contributed by atoms with Crippen molar-refractivity contribution in [1.29, 1.82) is 0 Å². The van der Waals surface area contributed by atoms with Gasteiger partial charge in [0, 0.05) is 18.2 Å². The van der Waals surface area contributed by atoms with Gasteiger partial charge in [0.05, 0.1) is 0 Å². The third-order valence-electron chi connectivity index (χ3n) is 3.32. The highest BCUT2D eigenvalue weighted by Gasteiger charge is 2.26. The van der Waals surface area contributed by atoms with Crippen molar-refractivity contribution in [3.8, 4) is 0 Å². The van der Waals surface area contributed by atoms with Gasteiger partial charge in [-0.15, -0.1) is 0 Å². The molecule has 2 heterocycles. The molecule has 1 N–H and O–H groups in total. The van der Waals surface area contributed by atoms with Crippen LogP contribution in [-0.4, -0.2) is 22.1 Å². The molecule has 2 rings (SSSR count). The van der Waals surface area contributed by atoms with Gasteiger partial charge in [0.1, 0.15) is 0 Å². The lowest BCUT2D eigenvalue weighted by Gasteiger charge is -2.39. The lowest BCUT2D eigenvalue weighted by Crippen LogP contribution is -2.47. The van der Waals surface area contributed by atoms with E-state index < -0.39 is 17.6 Å². The molecule has 1 aromatic rings. The average Bonchev–Trinajstić information content (AvgIpc) is 2.30. The number of piperidine rings is 1. The van der Waals surface area contributed by atoms with Crippen LogP contribution >= 0.6 is 0 Å². The number of halogens is 3. The Morgan fingerprint density at radius 1 is 1.17 bits per heavy atom. The largest absolute Gasteiger partial charge is 0.300 e. The molecule has 6 heteroatoms. The maximum absolute atomic E-state index is 13.5. The zero-order chi connectivity index (χ0) is 13.3. The molecule has 0 bridgehead atoms. The fraction of sp³-hybridized carbons (Fsp3) is 0.583. The Balaban J connectivity index is 2.20. The summed E-state index contributed by atoms with van der Waals surface area (Å²) in [4.78, 5) is 3.27. The van der Waals surface area contributed by atoms with Crippen LogP contribution in [0.5, 0.6) is 0 Å². The van der Waals surface area contributed by atoms with E-state index in [2.05, 4.69) is 10.4 Å². The van der Waals surface area contributed by atoms with Crippen molar-refractivity contribution < 1.29 is 13.2 Å². The summed E-state index contributed by atoms with van der Waals surface area (Å²) in [5, 5.41) is 1.84. The first-order chi connectivity index (χ1) is 8.49. The van der Waals surface area contributed by atoms with Gasteiger partial charge in [-0.3, -0.25) is 0 Å². The molecule has 1 aliphatic rings. The third kappa shape index (κ3) is 2.58. The van der Waals surface area contributed by atoms with Crippen molar-refractivity contribution in [2.45, 2.75) is 45.2 Å². The summed E-state index contributed by atoms with van der Waals surface area (Å²) >= 11 is 0. The first kappa shape index (κ1) is 13.1. The van der Waals surface area contributed by atoms with Gasteiger partial charge in [-0.05, 0) is 26.7 Å². The number of aromatic nitrogens is 1. The highest BCUT2D eigenvalue weighted by molar-refractivity contribution is 5.35. The summed E-state index contributed by atoms with van der Waals surface area (Å²) < 4.78 is 39.3. The van der Waals surface area contributed by atoms with Crippen LogP contribution in [0.25, 0.3) is 0 Å². The number of anilines is 1. The Bertz CT molecular complexity index is 429. The van der Waals surface area contributed by atoms with Crippen molar-refractivity contribution in [3.05, 3.63) is 23.6 Å². The molecular formula is C12H16F3N3. The number of hydrogen-bond donors (Lipinski definition) is 1. The van der Waals surface area contributed by atoms with Crippen molar-refractivity contribution in [1.82, 2.24) is 9.99 Å². The fourth-order valence-electron chi connectivity index (χ4n) is 2.29. The van der Waals surface area contributed by atoms with E-state index in [0.29, 0.717) is 6.07 Å². The van der Waals surface area contributed by atoms with Gasteiger partial charge in [0.15, 0.2) is 17.5 Å². The lowest BCUT2D eigenvalue weighted by atomic mass is 10.00. The second kappa shape index (κ2) is 5.14. The molecule has 1 aliphatic heterocycles. The van der Waals surface area contributed by atoms with Crippen LogP contribution in [0.1, 0.15) is 33.1 Å². The minimum absolute atomic E-state index is 0.197. The second-order valence-electron chi connectivity index (χ2n) is 4.74. The maximum Gasteiger partial charge on any atom is 0.251 e. The first-order valence-electron chi connectivity index (χ1n) is 6.05. The monoisotopic (exact) mass is 259 g/mol. The van der Waals surface area contributed by atoms with E-state index in [0.717, 1.165) is 19.3 Å². The lowest BCUT2D eigenvalue weighted by molar-refractivity contribution is 0.134. The van der Waals surface area contributed by atoms with E-state index in [1.54, 1.807) is 0 Å². The van der Waals surface area contributed by atoms with E-state index >= 15 is 0 Å². The molecule has 0 aromatic carbocycles. The molecule has 1 saturated heterocycles. The Morgan fingerprint density at radius 3 is 2.39 bits per heavy atom. The molecule has 2 atom stereocenters. The molecule has 0 radical (unpaired) electrons. The topological polar surface area (TPSA) is 28.2 Å². The summed E-state index contributed by atoms with van der Waals surface area (Å²) in [7, 11) is 0. The van der Waals surface area contributed by atoms with Crippen LogP contribution in [0, 0.1) is 17.6 Å². The molecule has 0 aliphatic carbocycles. The predicted octanol–water partition coefficient (Wildman–Crippen LogP) is 3.09. The molecule has 1 fully saturated rings. The summed E-state index contributed by atoms with van der Waals surface area (Å²) in [5.74, 6) is -3.73. The maximum atomic E-state index is 13.5. The van der Waals surface area contributed by atoms with Gasteiger partial charge in [-0.2, -0.15) is 9.37 Å². The Labute approximate surface area is 104 Å². The van der Waals surface area contributed by atoms with Crippen molar-refractivity contribution in [3.63, 3.8) is 0 Å². The van der Waals surface area contributed by atoms with Gasteiger partial charge in [0.2, 0.25) is 0 Å². The molecule has 18 heavy (non-hydrogen) atoms. The number of nitrogens with one attached hydrogen (secondary N) is 1. The number of rotatable bonds is 2. The Kier molecular flexibility index (Phi) is 3.75. The van der Waals surface area contributed by atoms with Crippen molar-refractivity contribution in [2.24, 2.45) is 0 Å². The molecule has 100 valence electrons. The average molecular weight is 259 g/mol. The number of pyridine rings is 1. The molecular weight excluding hydrogens is 243 g/mol. The van der Waals surface area contributed by atoms with E-state index in [9.17, 15) is 13.2 Å². The molecule has 0 amide bonds. The highest BCUT2D eigenvalue weighted by atomic mass is 19.2. The fourth-order valence-corrected chi connectivity index (χ4v) is 2.29. The standard InChI is InChI=1S/C12H16F3N3/c1-7-4-3-5-8(2)18(7)17-12-10(14)6-9(13)11(15)16-12/h6-8H,3-5H2,1-2H3,(H,16,17). The molecule has 0 saturated carbocycles. The molecule has 3 nitrogen and oxygen atoms in total. The van der Waals surface area contributed by atoms with Crippen LogP contribution in [0.4, 0.5) is 19.0 Å². The zero-order valence-electron chi connectivity index (χ0n) is 10.4. The Hall–Kier alpha value is -1.30. The van der Waals surface area contributed by atoms with Crippen LogP contribution in [-0.2, 0) is 0 Å². The van der Waals surface area contributed by atoms with Crippen LogP contribution in [0.15, 0.2) is 6.07 Å². The van der Waals surface area contributed by atoms with E-state index in [1.165, 1.54) is 0 Å². The van der Waals surface area contributed by atoms with Gasteiger partial charge >= 0.3 is 0 Å². The zero-order valence-corrected chi connectivity index (χ0v) is 10.4. The number of hydrogen-bond acceptors (Lipinski definition) is 3. The number of hydrazine groups is 1. The minimum Gasteiger partial charge on any atom is -0.300 e. The van der Waals surface area contributed by atoms with Crippen LogP contribution in [0.3, 0.4) is 0 Å². The van der Waals surface area contributed by atoms with Gasteiger partial charge in [-0.25, -0.2) is 13.8 Å². The Morgan fingerprint density at radius 2 is 1.78 bits per heavy atom. The van der Waals surface area contributed by atoms with Gasteiger partial charge < -0.3 is 5.43 Å². The van der Waals surface area contributed by atoms with Crippen LogP contribution < -0.4 is 5.43 Å². The highest BCUT2D eigenvalue weighted by Crippen LogP contribution is 2.24. The van der Waals surface area contributed by atoms with E-state index in [1.807, 2.05) is 18.9 Å². The molecule has 0 spiro atoms. The second-order valence-corrected chi connectivity index (χ2v) is 4.74. The quantitative estimate of drug-likeness (QED) is 0.827. The molecule has 2 unspecified atom stereocenters. The van der Waals surface area contributed by atoms with E-state index in [-0.39, 0.29) is 17.9 Å². The van der Waals surface area contributed by atoms with Crippen molar-refractivity contribution in [2.75, 3.05) is 5.43 Å². The SMILES string of the molecule is CC1CCCC(C)N1Nc1nc(F)c(F)cc1F. The first-order valence-corrected chi connectivity index (χ1v) is 6.05. The van der Waals surface area contributed by atoms with Crippen molar-refractivity contribution >= 4 is 5.82 Å². The number of nitrogens with zero attached hydrogens (tertiary/aromatic N) is 2. The predicted molar refractivity (Wildman–Crippen MR) is 62.3 cm³/mol. The van der Waals surface area contributed by atoms with Gasteiger partial charge in [0.25, 0.3) is 5.95 Å². The minimum atomic E-state index is -1.30. The summed E-state index contributed by atoms with van der Waals surface area (Å²) in [5.41, 5.74) is 2.76. The third-order valence-corrected chi connectivity index (χ3v) is 3.32. The summed E-state index contributed by atoms with van der Waals surface area (Å²) in [6.45, 7) is 4.00. The van der Waals surface area contributed by atoms with E-state index in [4.69, 9.17) is 0 Å². The van der Waals surface area contributed by atoms with Crippen LogP contribution in [0.2, 0.25) is 0 Å². The molecule has 1 aromatic heterocycles. The normalized spacial score (nSPS) is 25.2. The summed E-state index contributed by atoms with van der Waals surface area (Å²) in [6, 6.07) is 0.898. The van der Waals surface area contributed by atoms with Gasteiger partial charge in [-0.1, -0.05) is 6.42 Å². The smallest absolute Gasteiger partial charge is 0.251 e. The summed E-state index contributed by atoms with van der Waals surface area (Å²) in [6.07, 6.45) is 3.06.